The SMILES string of the molecule is CONCc1cccc(C2CCCCC2)c1. The van der Waals surface area contributed by atoms with Gasteiger partial charge in [0.2, 0.25) is 0 Å². The molecule has 16 heavy (non-hydrogen) atoms. The predicted octanol–water partition coefficient (Wildman–Crippen LogP) is 3.39. The van der Waals surface area contributed by atoms with Crippen LogP contribution in [0.4, 0.5) is 0 Å². The van der Waals surface area contributed by atoms with Crippen molar-refractivity contribution in [3.63, 3.8) is 0 Å². The van der Waals surface area contributed by atoms with E-state index in [0.29, 0.717) is 0 Å². The number of hydrogen-bond donors (Lipinski definition) is 1. The van der Waals surface area contributed by atoms with E-state index in [-0.39, 0.29) is 0 Å². The van der Waals surface area contributed by atoms with Crippen LogP contribution in [-0.2, 0) is 11.4 Å². The Morgan fingerprint density at radius 3 is 2.81 bits per heavy atom. The van der Waals surface area contributed by atoms with Gasteiger partial charge in [0.1, 0.15) is 0 Å². The summed E-state index contributed by atoms with van der Waals surface area (Å²) in [5.41, 5.74) is 5.71. The van der Waals surface area contributed by atoms with Crippen molar-refractivity contribution in [2.75, 3.05) is 7.11 Å². The third-order valence-corrected chi connectivity index (χ3v) is 3.45. The van der Waals surface area contributed by atoms with Crippen molar-refractivity contribution < 1.29 is 4.84 Å². The van der Waals surface area contributed by atoms with Crippen LogP contribution in [-0.4, -0.2) is 7.11 Å². The van der Waals surface area contributed by atoms with Crippen molar-refractivity contribution in [2.24, 2.45) is 0 Å². The molecule has 2 nitrogen and oxygen atoms in total. The van der Waals surface area contributed by atoms with Crippen molar-refractivity contribution in [2.45, 2.75) is 44.6 Å². The van der Waals surface area contributed by atoms with Gasteiger partial charge >= 0.3 is 0 Å². The Morgan fingerprint density at radius 2 is 2.06 bits per heavy atom. The lowest BCUT2D eigenvalue weighted by Crippen LogP contribution is -2.11. The van der Waals surface area contributed by atoms with Gasteiger partial charge in [0, 0.05) is 6.54 Å². The number of rotatable bonds is 4. The molecule has 0 aliphatic heterocycles. The first-order valence-electron chi connectivity index (χ1n) is 6.25. The average Bonchev–Trinajstić information content (AvgIpc) is 2.38. The molecule has 1 aliphatic carbocycles. The predicted molar refractivity (Wildman–Crippen MR) is 66.1 cm³/mol. The molecular weight excluding hydrogens is 198 g/mol. The second-order valence-corrected chi connectivity index (χ2v) is 4.61. The lowest BCUT2D eigenvalue weighted by molar-refractivity contribution is 0.0867. The zero-order valence-corrected chi connectivity index (χ0v) is 10.0. The molecule has 0 bridgehead atoms. The van der Waals surface area contributed by atoms with Gasteiger partial charge < -0.3 is 4.84 Å². The van der Waals surface area contributed by atoms with Crippen LogP contribution in [0.15, 0.2) is 24.3 Å². The van der Waals surface area contributed by atoms with E-state index < -0.39 is 0 Å². The third-order valence-electron chi connectivity index (χ3n) is 3.45. The smallest absolute Gasteiger partial charge is 0.0572 e. The van der Waals surface area contributed by atoms with Crippen molar-refractivity contribution in [3.05, 3.63) is 35.4 Å². The van der Waals surface area contributed by atoms with Gasteiger partial charge in [-0.3, -0.25) is 0 Å². The van der Waals surface area contributed by atoms with Crippen LogP contribution in [0.3, 0.4) is 0 Å². The largest absolute Gasteiger partial charge is 0.305 e. The molecule has 1 N–H and O–H groups in total. The number of hydrogen-bond acceptors (Lipinski definition) is 2. The molecule has 1 fully saturated rings. The fourth-order valence-electron chi connectivity index (χ4n) is 2.55. The van der Waals surface area contributed by atoms with E-state index in [1.165, 1.54) is 43.2 Å². The van der Waals surface area contributed by atoms with E-state index in [4.69, 9.17) is 4.84 Å². The molecule has 2 heteroatoms. The summed E-state index contributed by atoms with van der Waals surface area (Å²) in [5, 5.41) is 0. The Balaban J connectivity index is 2.02. The highest BCUT2D eigenvalue weighted by Gasteiger charge is 2.15. The maximum Gasteiger partial charge on any atom is 0.0572 e. The van der Waals surface area contributed by atoms with Gasteiger partial charge in [0.15, 0.2) is 0 Å². The maximum absolute atomic E-state index is 4.88. The normalized spacial score (nSPS) is 17.6. The van der Waals surface area contributed by atoms with Crippen LogP contribution in [0.2, 0.25) is 0 Å². The van der Waals surface area contributed by atoms with Gasteiger partial charge in [-0.2, -0.15) is 5.48 Å². The van der Waals surface area contributed by atoms with Crippen molar-refractivity contribution in [1.29, 1.82) is 0 Å². The third kappa shape index (κ3) is 3.06. The lowest BCUT2D eigenvalue weighted by Gasteiger charge is -2.22. The zero-order chi connectivity index (χ0) is 11.2. The summed E-state index contributed by atoms with van der Waals surface area (Å²) in [7, 11) is 1.66. The van der Waals surface area contributed by atoms with Crippen LogP contribution in [0.1, 0.15) is 49.1 Å². The summed E-state index contributed by atoms with van der Waals surface area (Å²) in [5.74, 6) is 0.788. The first-order valence-corrected chi connectivity index (χ1v) is 6.25. The van der Waals surface area contributed by atoms with Gasteiger partial charge in [0.05, 0.1) is 7.11 Å². The van der Waals surface area contributed by atoms with E-state index in [9.17, 15) is 0 Å². The Labute approximate surface area is 98.0 Å². The number of hydroxylamine groups is 1. The molecular formula is C14H21NO. The molecule has 1 aliphatic rings. The minimum Gasteiger partial charge on any atom is -0.305 e. The molecule has 0 unspecified atom stereocenters. The summed E-state index contributed by atoms with van der Waals surface area (Å²) >= 11 is 0. The molecule has 0 amide bonds. The highest BCUT2D eigenvalue weighted by molar-refractivity contribution is 5.26. The van der Waals surface area contributed by atoms with Crippen molar-refractivity contribution in [3.8, 4) is 0 Å². The molecule has 2 rings (SSSR count). The minimum atomic E-state index is 0.788. The van der Waals surface area contributed by atoms with E-state index in [1.807, 2.05) is 0 Å². The van der Waals surface area contributed by atoms with Crippen LogP contribution >= 0.6 is 0 Å². The van der Waals surface area contributed by atoms with Crippen molar-refractivity contribution in [1.82, 2.24) is 5.48 Å². The lowest BCUT2D eigenvalue weighted by atomic mass is 9.84. The van der Waals surface area contributed by atoms with Gasteiger partial charge in [-0.25, -0.2) is 0 Å². The molecule has 1 aromatic rings. The fraction of sp³-hybridized carbons (Fsp3) is 0.571. The molecule has 0 radical (unpaired) electrons. The highest BCUT2D eigenvalue weighted by atomic mass is 16.6. The first-order chi connectivity index (χ1) is 7.90. The summed E-state index contributed by atoms with van der Waals surface area (Å²) in [4.78, 5) is 4.88. The van der Waals surface area contributed by atoms with Gasteiger partial charge in [-0.1, -0.05) is 43.5 Å². The van der Waals surface area contributed by atoms with Gasteiger partial charge in [-0.05, 0) is 29.9 Å². The molecule has 0 aromatic heterocycles. The zero-order valence-electron chi connectivity index (χ0n) is 10.0. The Bertz CT molecular complexity index is 318. The summed E-state index contributed by atoms with van der Waals surface area (Å²) in [6, 6.07) is 8.91. The molecule has 1 aromatic carbocycles. The molecule has 1 saturated carbocycles. The van der Waals surface area contributed by atoms with Crippen LogP contribution in [0.25, 0.3) is 0 Å². The summed E-state index contributed by atoms with van der Waals surface area (Å²) in [6.45, 7) is 0.789. The Morgan fingerprint density at radius 1 is 1.25 bits per heavy atom. The molecule has 0 spiro atoms. The van der Waals surface area contributed by atoms with Crippen LogP contribution in [0, 0.1) is 0 Å². The van der Waals surface area contributed by atoms with E-state index >= 15 is 0 Å². The standard InChI is InChI=1S/C14H21NO/c1-16-15-11-12-6-5-9-14(10-12)13-7-3-2-4-8-13/h5-6,9-10,13,15H,2-4,7-8,11H2,1H3. The second-order valence-electron chi connectivity index (χ2n) is 4.61. The second kappa shape index (κ2) is 6.02. The molecule has 0 saturated heterocycles. The maximum atomic E-state index is 4.88. The highest BCUT2D eigenvalue weighted by Crippen LogP contribution is 2.32. The van der Waals surface area contributed by atoms with Gasteiger partial charge in [-0.15, -0.1) is 0 Å². The van der Waals surface area contributed by atoms with Crippen LogP contribution in [0.5, 0.6) is 0 Å². The van der Waals surface area contributed by atoms with E-state index in [2.05, 4.69) is 29.7 Å². The van der Waals surface area contributed by atoms with Crippen LogP contribution < -0.4 is 5.48 Å². The molecule has 0 heterocycles. The quantitative estimate of drug-likeness (QED) is 0.784. The topological polar surface area (TPSA) is 21.3 Å². The summed E-state index contributed by atoms with van der Waals surface area (Å²) in [6.07, 6.45) is 6.93. The fourth-order valence-corrected chi connectivity index (χ4v) is 2.55. The van der Waals surface area contributed by atoms with E-state index in [1.54, 1.807) is 7.11 Å². The molecule has 0 atom stereocenters. The monoisotopic (exact) mass is 219 g/mol. The van der Waals surface area contributed by atoms with Crippen molar-refractivity contribution >= 4 is 0 Å². The number of nitrogens with one attached hydrogen (secondary N) is 1. The summed E-state index contributed by atoms with van der Waals surface area (Å²) < 4.78 is 0. The van der Waals surface area contributed by atoms with E-state index in [0.717, 1.165) is 12.5 Å². The average molecular weight is 219 g/mol. The number of benzene rings is 1. The Hall–Kier alpha value is -0.860. The Kier molecular flexibility index (Phi) is 4.37. The molecule has 88 valence electrons. The minimum absolute atomic E-state index is 0.788. The van der Waals surface area contributed by atoms with Gasteiger partial charge in [0.25, 0.3) is 0 Å². The first kappa shape index (κ1) is 11.6.